The largest absolute Gasteiger partial charge is 0.289 e. The molecule has 0 bridgehead atoms. The summed E-state index contributed by atoms with van der Waals surface area (Å²) in [5, 5.41) is 0. The Morgan fingerprint density at radius 1 is 0.310 bits per heavy atom. The molecule has 202 valence electrons. The molecule has 0 N–H and O–H groups in total. The second-order valence-corrected chi connectivity index (χ2v) is 9.54. The van der Waals surface area contributed by atoms with Crippen LogP contribution in [-0.4, -0.2) is 23.1 Å². The van der Waals surface area contributed by atoms with Crippen LogP contribution in [-0.2, 0) is 0 Å². The van der Waals surface area contributed by atoms with Gasteiger partial charge < -0.3 is 0 Å². The first-order valence-electron chi connectivity index (χ1n) is 13.4. The van der Waals surface area contributed by atoms with Gasteiger partial charge in [-0.05, 0) is 23.3 Å². The monoisotopic (exact) mass is 546 g/mol. The number of carbonyl (C=O) groups excluding carboxylic acids is 4. The topological polar surface area (TPSA) is 68.3 Å². The van der Waals surface area contributed by atoms with Crippen molar-refractivity contribution >= 4 is 34.3 Å². The zero-order chi connectivity index (χ0) is 29.3. The summed E-state index contributed by atoms with van der Waals surface area (Å²) < 4.78 is 0. The number of ketones is 4. The molecule has 0 aliphatic carbocycles. The third-order valence-electron chi connectivity index (χ3n) is 6.74. The molecule has 0 aromatic heterocycles. The molecule has 5 aromatic rings. The molecule has 0 aliphatic heterocycles. The zero-order valence-corrected chi connectivity index (χ0v) is 22.6. The Hall–Kier alpha value is -5.74. The average Bonchev–Trinajstić information content (AvgIpc) is 3.07. The summed E-state index contributed by atoms with van der Waals surface area (Å²) >= 11 is 0. The lowest BCUT2D eigenvalue weighted by Crippen LogP contribution is -2.08. The molecule has 0 spiro atoms. The highest BCUT2D eigenvalue weighted by molar-refractivity contribution is 6.34. The summed E-state index contributed by atoms with van der Waals surface area (Å²) in [5.41, 5.74) is 3.33. The van der Waals surface area contributed by atoms with Crippen LogP contribution in [0.5, 0.6) is 0 Å². The maximum absolute atomic E-state index is 13.7. The lowest BCUT2D eigenvalue weighted by molar-refractivity contribution is 0.102. The summed E-state index contributed by atoms with van der Waals surface area (Å²) in [6.45, 7) is 0. The maximum atomic E-state index is 13.7. The Morgan fingerprint density at radius 3 is 0.857 bits per heavy atom. The molecular formula is C38H26O4. The Kier molecular flexibility index (Phi) is 8.66. The van der Waals surface area contributed by atoms with Gasteiger partial charge in [-0.1, -0.05) is 146 Å². The van der Waals surface area contributed by atoms with Gasteiger partial charge in [-0.2, -0.15) is 0 Å². The predicted octanol–water partition coefficient (Wildman–Crippen LogP) is 7.99. The number of rotatable bonds is 10. The van der Waals surface area contributed by atoms with Crippen LogP contribution < -0.4 is 0 Å². The quantitative estimate of drug-likeness (QED) is 0.132. The number of Topliss-reactive ketones (excluding diaryl/α,β-unsaturated/α-hetero) is 2. The number of hydrogen-bond donors (Lipinski definition) is 0. The Balaban J connectivity index is 1.47. The van der Waals surface area contributed by atoms with Crippen LogP contribution in [0.3, 0.4) is 0 Å². The van der Waals surface area contributed by atoms with Crippen molar-refractivity contribution in [3.63, 3.8) is 0 Å². The smallest absolute Gasteiger partial charge is 0.193 e. The molecule has 0 fully saturated rings. The molecule has 0 amide bonds. The van der Waals surface area contributed by atoms with Gasteiger partial charge in [-0.25, -0.2) is 0 Å². The van der Waals surface area contributed by atoms with Crippen LogP contribution >= 0.6 is 0 Å². The zero-order valence-electron chi connectivity index (χ0n) is 22.6. The molecule has 0 aliphatic rings. The van der Waals surface area contributed by atoms with E-state index < -0.39 is 0 Å². The fourth-order valence-electron chi connectivity index (χ4n) is 4.51. The Labute approximate surface area is 244 Å². The van der Waals surface area contributed by atoms with Crippen molar-refractivity contribution in [2.75, 3.05) is 0 Å². The predicted molar refractivity (Wildman–Crippen MR) is 165 cm³/mol. The molecular weight excluding hydrogens is 520 g/mol. The first-order valence-corrected chi connectivity index (χ1v) is 13.4. The van der Waals surface area contributed by atoms with E-state index in [1.807, 2.05) is 24.3 Å². The highest BCUT2D eigenvalue weighted by Gasteiger charge is 2.20. The fraction of sp³-hybridized carbons (Fsp3) is 0. The summed E-state index contributed by atoms with van der Waals surface area (Å²) in [5.74, 6) is -1.25. The van der Waals surface area contributed by atoms with Crippen molar-refractivity contribution in [3.05, 3.63) is 191 Å². The standard InChI is InChI=1S/C38H26O4/c39-35(29-17-9-3-10-18-29)25-33(27-13-5-1-6-14-27)37(41)31-21-23-32(24-22-31)38(42)34(28-15-7-2-8-16-28)26-36(40)30-19-11-4-12-20-30/h1-26H/b33-25-,34-26-. The van der Waals surface area contributed by atoms with Gasteiger partial charge in [0.1, 0.15) is 0 Å². The lowest BCUT2D eigenvalue weighted by atomic mass is 9.91. The molecule has 0 heterocycles. The van der Waals surface area contributed by atoms with Crippen molar-refractivity contribution in [1.82, 2.24) is 0 Å². The molecule has 4 heteroatoms. The van der Waals surface area contributed by atoms with Gasteiger partial charge in [0.05, 0.1) is 0 Å². The lowest BCUT2D eigenvalue weighted by Gasteiger charge is -2.10. The van der Waals surface area contributed by atoms with Crippen molar-refractivity contribution in [2.45, 2.75) is 0 Å². The van der Waals surface area contributed by atoms with E-state index in [2.05, 4.69) is 0 Å². The minimum Gasteiger partial charge on any atom is -0.289 e. The Morgan fingerprint density at radius 2 is 0.571 bits per heavy atom. The third-order valence-corrected chi connectivity index (χ3v) is 6.74. The molecule has 0 saturated heterocycles. The van der Waals surface area contributed by atoms with E-state index in [0.717, 1.165) is 0 Å². The van der Waals surface area contributed by atoms with Crippen molar-refractivity contribution in [3.8, 4) is 0 Å². The summed E-state index contributed by atoms with van der Waals surface area (Å²) in [7, 11) is 0. The van der Waals surface area contributed by atoms with Gasteiger partial charge in [0.15, 0.2) is 23.1 Å². The second-order valence-electron chi connectivity index (χ2n) is 9.54. The fourth-order valence-corrected chi connectivity index (χ4v) is 4.51. The summed E-state index contributed by atoms with van der Waals surface area (Å²) in [4.78, 5) is 53.4. The molecule has 0 radical (unpaired) electrons. The molecule has 42 heavy (non-hydrogen) atoms. The highest BCUT2D eigenvalue weighted by Crippen LogP contribution is 2.24. The van der Waals surface area contributed by atoms with E-state index in [-0.39, 0.29) is 34.3 Å². The van der Waals surface area contributed by atoms with Crippen LogP contribution in [0, 0.1) is 0 Å². The van der Waals surface area contributed by atoms with Gasteiger partial charge in [-0.3, -0.25) is 19.2 Å². The van der Waals surface area contributed by atoms with Crippen LogP contribution in [0.1, 0.15) is 52.6 Å². The first-order chi connectivity index (χ1) is 20.5. The second kappa shape index (κ2) is 13.1. The van der Waals surface area contributed by atoms with Crippen LogP contribution in [0.4, 0.5) is 0 Å². The number of carbonyl (C=O) groups is 4. The van der Waals surface area contributed by atoms with Crippen LogP contribution in [0.25, 0.3) is 11.1 Å². The number of allylic oxidation sites excluding steroid dienone is 4. The van der Waals surface area contributed by atoms with E-state index in [1.165, 1.54) is 12.2 Å². The maximum Gasteiger partial charge on any atom is 0.193 e. The van der Waals surface area contributed by atoms with Gasteiger partial charge >= 0.3 is 0 Å². The van der Waals surface area contributed by atoms with Crippen LogP contribution in [0.15, 0.2) is 158 Å². The normalized spacial score (nSPS) is 11.5. The van der Waals surface area contributed by atoms with E-state index in [0.29, 0.717) is 33.4 Å². The van der Waals surface area contributed by atoms with Crippen molar-refractivity contribution < 1.29 is 19.2 Å². The van der Waals surface area contributed by atoms with E-state index in [1.54, 1.807) is 121 Å². The number of benzene rings is 5. The molecule has 0 unspecified atom stereocenters. The minimum atomic E-state index is -0.345. The SMILES string of the molecule is O=C(/C=C(\C(=O)c1ccc(C(=O)/C(=C\C(=O)c2ccccc2)c2ccccc2)cc1)c1ccccc1)c1ccccc1. The van der Waals surface area contributed by atoms with Gasteiger partial charge in [-0.15, -0.1) is 0 Å². The van der Waals surface area contributed by atoms with Gasteiger partial charge in [0.2, 0.25) is 0 Å². The van der Waals surface area contributed by atoms with Crippen molar-refractivity contribution in [1.29, 1.82) is 0 Å². The van der Waals surface area contributed by atoms with Gasteiger partial charge in [0.25, 0.3) is 0 Å². The molecule has 4 nitrogen and oxygen atoms in total. The number of hydrogen-bond acceptors (Lipinski definition) is 4. The molecule has 5 aromatic carbocycles. The first kappa shape index (κ1) is 27.8. The third kappa shape index (κ3) is 6.52. The van der Waals surface area contributed by atoms with Crippen LogP contribution in [0.2, 0.25) is 0 Å². The molecule has 5 rings (SSSR count). The minimum absolute atomic E-state index is 0.252. The Bertz CT molecular complexity index is 1650. The summed E-state index contributed by atoms with van der Waals surface area (Å²) in [6.07, 6.45) is 2.72. The average molecular weight is 547 g/mol. The molecule has 0 atom stereocenters. The van der Waals surface area contributed by atoms with E-state index in [9.17, 15) is 19.2 Å². The van der Waals surface area contributed by atoms with E-state index >= 15 is 0 Å². The van der Waals surface area contributed by atoms with Crippen molar-refractivity contribution in [2.24, 2.45) is 0 Å². The van der Waals surface area contributed by atoms with Gasteiger partial charge in [0, 0.05) is 33.4 Å². The van der Waals surface area contributed by atoms with E-state index in [4.69, 9.17) is 0 Å². The molecule has 0 saturated carbocycles. The summed E-state index contributed by atoms with van der Waals surface area (Å²) in [6, 6.07) is 41.8. The highest BCUT2D eigenvalue weighted by atomic mass is 16.1.